The SMILES string of the molecule is COc1cc([C@H]2CC(=O)Nc3c2ncn3-c2cccc(Br)c2)ccc1O. The Bertz CT molecular complexity index is 999. The Morgan fingerprint density at radius 1 is 1.31 bits per heavy atom. The predicted molar refractivity (Wildman–Crippen MR) is 101 cm³/mol. The van der Waals surface area contributed by atoms with E-state index in [9.17, 15) is 9.90 Å². The lowest BCUT2D eigenvalue weighted by atomic mass is 9.89. The maximum Gasteiger partial charge on any atom is 0.226 e. The maximum absolute atomic E-state index is 12.3. The number of carbonyl (C=O) groups is 1. The van der Waals surface area contributed by atoms with Gasteiger partial charge in [0.05, 0.1) is 12.8 Å². The number of phenols is 1. The van der Waals surface area contributed by atoms with Crippen LogP contribution in [0.15, 0.2) is 53.3 Å². The van der Waals surface area contributed by atoms with Gasteiger partial charge in [-0.3, -0.25) is 9.36 Å². The summed E-state index contributed by atoms with van der Waals surface area (Å²) in [4.78, 5) is 16.9. The summed E-state index contributed by atoms with van der Waals surface area (Å²) in [7, 11) is 1.50. The number of hydrogen-bond donors (Lipinski definition) is 2. The second-order valence-corrected chi connectivity index (χ2v) is 6.98. The van der Waals surface area contributed by atoms with E-state index in [2.05, 4.69) is 26.2 Å². The Labute approximate surface area is 158 Å². The number of aromatic nitrogens is 2. The standard InChI is InChI=1S/C19H16BrN3O3/c1-26-16-7-11(5-6-15(16)24)14-9-17(25)22-19-18(14)21-10-23(19)13-4-2-3-12(20)8-13/h2-8,10,14,24H,9H2,1H3,(H,22,25)/t14-/m1/s1. The molecule has 2 N–H and O–H groups in total. The number of aromatic hydroxyl groups is 1. The minimum Gasteiger partial charge on any atom is -0.504 e. The second kappa shape index (κ2) is 6.49. The summed E-state index contributed by atoms with van der Waals surface area (Å²) in [6.45, 7) is 0. The highest BCUT2D eigenvalue weighted by Gasteiger charge is 2.31. The van der Waals surface area contributed by atoms with E-state index < -0.39 is 0 Å². The van der Waals surface area contributed by atoms with Crippen LogP contribution in [0.3, 0.4) is 0 Å². The van der Waals surface area contributed by atoms with Gasteiger partial charge in [0.2, 0.25) is 5.91 Å². The van der Waals surface area contributed by atoms with E-state index >= 15 is 0 Å². The molecule has 132 valence electrons. The molecule has 0 saturated heterocycles. The number of nitrogens with one attached hydrogen (secondary N) is 1. The number of carbonyl (C=O) groups excluding carboxylic acids is 1. The first-order valence-electron chi connectivity index (χ1n) is 8.06. The first kappa shape index (κ1) is 16.7. The molecule has 0 aliphatic carbocycles. The van der Waals surface area contributed by atoms with Crippen molar-refractivity contribution >= 4 is 27.7 Å². The van der Waals surface area contributed by atoms with Crippen molar-refractivity contribution in [3.63, 3.8) is 0 Å². The van der Waals surface area contributed by atoms with Crippen molar-refractivity contribution in [2.24, 2.45) is 0 Å². The van der Waals surface area contributed by atoms with E-state index in [4.69, 9.17) is 4.74 Å². The number of halogens is 1. The number of amides is 1. The van der Waals surface area contributed by atoms with E-state index in [0.717, 1.165) is 21.4 Å². The van der Waals surface area contributed by atoms with E-state index in [1.54, 1.807) is 24.5 Å². The van der Waals surface area contributed by atoms with Crippen LogP contribution in [0.4, 0.5) is 5.82 Å². The number of methoxy groups -OCH3 is 1. The molecule has 2 heterocycles. The summed E-state index contributed by atoms with van der Waals surface area (Å²) in [5.74, 6) is 0.821. The van der Waals surface area contributed by atoms with Crippen LogP contribution in [-0.4, -0.2) is 27.7 Å². The van der Waals surface area contributed by atoms with Crippen LogP contribution in [0.5, 0.6) is 11.5 Å². The van der Waals surface area contributed by atoms with Gasteiger partial charge in [-0.15, -0.1) is 0 Å². The van der Waals surface area contributed by atoms with Crippen molar-refractivity contribution < 1.29 is 14.6 Å². The number of fused-ring (bicyclic) bond motifs is 1. The van der Waals surface area contributed by atoms with Gasteiger partial charge in [0.1, 0.15) is 12.1 Å². The summed E-state index contributed by atoms with van der Waals surface area (Å²) in [6, 6.07) is 12.9. The summed E-state index contributed by atoms with van der Waals surface area (Å²) in [5.41, 5.74) is 2.56. The molecular weight excluding hydrogens is 398 g/mol. The molecule has 3 aromatic rings. The van der Waals surface area contributed by atoms with Crippen LogP contribution < -0.4 is 10.1 Å². The molecular formula is C19H16BrN3O3. The molecule has 1 aliphatic heterocycles. The normalized spacial score (nSPS) is 16.1. The van der Waals surface area contributed by atoms with Crippen LogP contribution in [-0.2, 0) is 4.79 Å². The van der Waals surface area contributed by atoms with Gasteiger partial charge in [0.15, 0.2) is 11.5 Å². The zero-order chi connectivity index (χ0) is 18.3. The Morgan fingerprint density at radius 2 is 2.15 bits per heavy atom. The quantitative estimate of drug-likeness (QED) is 0.683. The molecule has 6 nitrogen and oxygen atoms in total. The Hall–Kier alpha value is -2.80. The molecule has 4 rings (SSSR count). The molecule has 1 amide bonds. The van der Waals surface area contributed by atoms with Gasteiger partial charge in [-0.25, -0.2) is 4.98 Å². The molecule has 1 aliphatic rings. The lowest BCUT2D eigenvalue weighted by molar-refractivity contribution is -0.116. The lowest BCUT2D eigenvalue weighted by Crippen LogP contribution is -2.24. The molecule has 2 aromatic carbocycles. The topological polar surface area (TPSA) is 76.4 Å². The highest BCUT2D eigenvalue weighted by molar-refractivity contribution is 9.10. The van der Waals surface area contributed by atoms with Gasteiger partial charge in [-0.2, -0.15) is 0 Å². The number of benzene rings is 2. The van der Waals surface area contributed by atoms with Crippen molar-refractivity contribution in [3.8, 4) is 17.2 Å². The zero-order valence-electron chi connectivity index (χ0n) is 13.9. The third-order valence-corrected chi connectivity index (χ3v) is 4.96. The fourth-order valence-corrected chi connectivity index (χ4v) is 3.60. The first-order chi connectivity index (χ1) is 12.6. The van der Waals surface area contributed by atoms with Gasteiger partial charge in [0, 0.05) is 22.5 Å². The Balaban J connectivity index is 1.81. The fourth-order valence-electron chi connectivity index (χ4n) is 3.22. The molecule has 0 fully saturated rings. The average Bonchev–Trinajstić information content (AvgIpc) is 3.05. The molecule has 7 heteroatoms. The summed E-state index contributed by atoms with van der Waals surface area (Å²) >= 11 is 3.47. The number of imidazole rings is 1. The van der Waals surface area contributed by atoms with Crippen LogP contribution in [0, 0.1) is 0 Å². The van der Waals surface area contributed by atoms with E-state index in [1.807, 2.05) is 28.8 Å². The number of phenolic OH excluding ortho intramolecular Hbond substituents is 1. The molecule has 0 radical (unpaired) electrons. The molecule has 1 atom stereocenters. The molecule has 0 saturated carbocycles. The molecule has 0 unspecified atom stereocenters. The van der Waals surface area contributed by atoms with E-state index in [-0.39, 0.29) is 24.0 Å². The highest BCUT2D eigenvalue weighted by atomic mass is 79.9. The number of ether oxygens (including phenoxy) is 1. The highest BCUT2D eigenvalue weighted by Crippen LogP contribution is 2.40. The number of anilines is 1. The molecule has 26 heavy (non-hydrogen) atoms. The minimum absolute atomic E-state index is 0.0661. The zero-order valence-corrected chi connectivity index (χ0v) is 15.5. The maximum atomic E-state index is 12.3. The first-order valence-corrected chi connectivity index (χ1v) is 8.86. The lowest BCUT2D eigenvalue weighted by Gasteiger charge is -2.23. The smallest absolute Gasteiger partial charge is 0.226 e. The van der Waals surface area contributed by atoms with Gasteiger partial charge in [-0.1, -0.05) is 28.1 Å². The monoisotopic (exact) mass is 413 g/mol. The van der Waals surface area contributed by atoms with Gasteiger partial charge >= 0.3 is 0 Å². The van der Waals surface area contributed by atoms with Crippen LogP contribution in [0.25, 0.3) is 5.69 Å². The average molecular weight is 414 g/mol. The molecule has 0 spiro atoms. The summed E-state index contributed by atoms with van der Waals surface area (Å²) < 4.78 is 8.00. The van der Waals surface area contributed by atoms with Gasteiger partial charge in [-0.05, 0) is 35.9 Å². The van der Waals surface area contributed by atoms with Crippen molar-refractivity contribution in [1.82, 2.24) is 9.55 Å². The largest absolute Gasteiger partial charge is 0.504 e. The van der Waals surface area contributed by atoms with E-state index in [1.165, 1.54) is 7.11 Å². The van der Waals surface area contributed by atoms with Crippen LogP contribution >= 0.6 is 15.9 Å². The fraction of sp³-hybridized carbons (Fsp3) is 0.158. The van der Waals surface area contributed by atoms with Crippen molar-refractivity contribution in [2.45, 2.75) is 12.3 Å². The van der Waals surface area contributed by atoms with Crippen molar-refractivity contribution in [2.75, 3.05) is 12.4 Å². The Morgan fingerprint density at radius 3 is 2.92 bits per heavy atom. The van der Waals surface area contributed by atoms with E-state index in [0.29, 0.717) is 11.6 Å². The van der Waals surface area contributed by atoms with Gasteiger partial charge < -0.3 is 15.2 Å². The summed E-state index contributed by atoms with van der Waals surface area (Å²) in [6.07, 6.45) is 2.00. The van der Waals surface area contributed by atoms with Gasteiger partial charge in [0.25, 0.3) is 0 Å². The minimum atomic E-state index is -0.207. The number of rotatable bonds is 3. The predicted octanol–water partition coefficient (Wildman–Crippen LogP) is 3.82. The van der Waals surface area contributed by atoms with Crippen molar-refractivity contribution in [3.05, 3.63) is 64.5 Å². The Kier molecular flexibility index (Phi) is 4.16. The third kappa shape index (κ3) is 2.84. The van der Waals surface area contributed by atoms with Crippen molar-refractivity contribution in [1.29, 1.82) is 0 Å². The second-order valence-electron chi connectivity index (χ2n) is 6.06. The molecule has 0 bridgehead atoms. The molecule has 1 aromatic heterocycles. The van der Waals surface area contributed by atoms with Crippen LogP contribution in [0.1, 0.15) is 23.6 Å². The van der Waals surface area contributed by atoms with Crippen LogP contribution in [0.2, 0.25) is 0 Å². The number of hydrogen-bond acceptors (Lipinski definition) is 4. The summed E-state index contributed by atoms with van der Waals surface area (Å²) in [5, 5.41) is 12.8. The number of nitrogens with zero attached hydrogens (tertiary/aromatic N) is 2. The third-order valence-electron chi connectivity index (χ3n) is 4.47.